The molecule has 0 amide bonds. The van der Waals surface area contributed by atoms with Crippen molar-refractivity contribution in [3.05, 3.63) is 0 Å². The van der Waals surface area contributed by atoms with Crippen molar-refractivity contribution in [1.29, 1.82) is 0 Å². The van der Waals surface area contributed by atoms with Crippen LogP contribution in [0.15, 0.2) is 0 Å². The van der Waals surface area contributed by atoms with Gasteiger partial charge in [0.1, 0.15) is 0 Å². The van der Waals surface area contributed by atoms with Crippen LogP contribution >= 0.6 is 0 Å². The Kier molecular flexibility index (Phi) is 4.85. The zero-order valence-corrected chi connectivity index (χ0v) is 9.38. The van der Waals surface area contributed by atoms with Crippen LogP contribution in [0.25, 0.3) is 0 Å². The Morgan fingerprint density at radius 2 is 1.93 bits per heavy atom. The second-order valence-corrected chi connectivity index (χ2v) is 4.81. The second-order valence-electron chi connectivity index (χ2n) is 4.81. The molecular weight excluding hydrogens is 178 g/mol. The number of hydrogen-bond acceptors (Lipinski definition) is 3. The maximum atomic E-state index is 10.1. The molecule has 0 spiro atoms. The number of nitrogens with one attached hydrogen (secondary N) is 1. The molecule has 84 valence electrons. The third kappa shape index (κ3) is 4.40. The lowest BCUT2D eigenvalue weighted by Crippen LogP contribution is -2.42. The van der Waals surface area contributed by atoms with Crippen LogP contribution in [0.5, 0.6) is 0 Å². The van der Waals surface area contributed by atoms with Crippen LogP contribution in [-0.4, -0.2) is 23.9 Å². The number of rotatable bonds is 5. The van der Waals surface area contributed by atoms with Crippen molar-refractivity contribution in [3.8, 4) is 0 Å². The molecular formula is C11H23NO2. The fourth-order valence-corrected chi connectivity index (χ4v) is 1.80. The minimum Gasteiger partial charge on any atom is -0.388 e. The second kappa shape index (κ2) is 5.69. The molecule has 0 saturated heterocycles. The van der Waals surface area contributed by atoms with Gasteiger partial charge in [-0.15, -0.1) is 0 Å². The normalized spacial score (nSPS) is 21.4. The molecule has 3 nitrogen and oxygen atoms in total. The number of hydroxylamine groups is 1. The van der Waals surface area contributed by atoms with Gasteiger partial charge in [0.2, 0.25) is 0 Å². The predicted octanol–water partition coefficient (Wildman–Crippen LogP) is 1.86. The number of aliphatic hydroxyl groups is 1. The lowest BCUT2D eigenvalue weighted by atomic mass is 9.85. The van der Waals surface area contributed by atoms with Gasteiger partial charge in [0, 0.05) is 6.54 Å². The van der Waals surface area contributed by atoms with Gasteiger partial charge in [0.05, 0.1) is 12.2 Å². The average Bonchev–Trinajstić information content (AvgIpc) is 2.14. The fourth-order valence-electron chi connectivity index (χ4n) is 1.80. The predicted molar refractivity (Wildman–Crippen MR) is 56.8 cm³/mol. The summed E-state index contributed by atoms with van der Waals surface area (Å²) >= 11 is 0. The smallest absolute Gasteiger partial charge is 0.0794 e. The largest absolute Gasteiger partial charge is 0.388 e. The molecule has 0 bridgehead atoms. The van der Waals surface area contributed by atoms with Gasteiger partial charge < -0.3 is 9.94 Å². The van der Waals surface area contributed by atoms with Crippen LogP contribution in [0.1, 0.15) is 46.0 Å². The van der Waals surface area contributed by atoms with E-state index >= 15 is 0 Å². The molecule has 1 fully saturated rings. The highest BCUT2D eigenvalue weighted by Gasteiger charge is 2.28. The molecule has 0 radical (unpaired) electrons. The third-order valence-corrected chi connectivity index (χ3v) is 2.70. The SMILES string of the molecule is CC(C)CONCC1(O)CCCCC1. The van der Waals surface area contributed by atoms with Gasteiger partial charge in [0.25, 0.3) is 0 Å². The lowest BCUT2D eigenvalue weighted by molar-refractivity contribution is -0.0556. The van der Waals surface area contributed by atoms with Crippen molar-refractivity contribution in [1.82, 2.24) is 5.48 Å². The quantitative estimate of drug-likeness (QED) is 0.527. The Balaban J connectivity index is 2.09. The zero-order chi connectivity index (χ0) is 10.4. The summed E-state index contributed by atoms with van der Waals surface area (Å²) in [7, 11) is 0. The molecule has 0 aromatic heterocycles. The van der Waals surface area contributed by atoms with E-state index in [1.54, 1.807) is 0 Å². The third-order valence-electron chi connectivity index (χ3n) is 2.70. The standard InChI is InChI=1S/C11H23NO2/c1-10(2)8-14-12-9-11(13)6-4-3-5-7-11/h10,12-13H,3-9H2,1-2H3. The Morgan fingerprint density at radius 1 is 1.29 bits per heavy atom. The summed E-state index contributed by atoms with van der Waals surface area (Å²) in [5.41, 5.74) is 2.36. The fraction of sp³-hybridized carbons (Fsp3) is 1.00. The maximum absolute atomic E-state index is 10.1. The summed E-state index contributed by atoms with van der Waals surface area (Å²) in [4.78, 5) is 5.25. The van der Waals surface area contributed by atoms with Crippen molar-refractivity contribution in [2.75, 3.05) is 13.2 Å². The topological polar surface area (TPSA) is 41.5 Å². The first-order chi connectivity index (χ1) is 6.62. The Labute approximate surface area is 86.8 Å². The van der Waals surface area contributed by atoms with E-state index in [1.165, 1.54) is 6.42 Å². The van der Waals surface area contributed by atoms with Crippen molar-refractivity contribution < 1.29 is 9.94 Å². The summed E-state index contributed by atoms with van der Waals surface area (Å²) in [6.07, 6.45) is 5.36. The van der Waals surface area contributed by atoms with E-state index in [4.69, 9.17) is 4.84 Å². The zero-order valence-electron chi connectivity index (χ0n) is 9.38. The highest BCUT2D eigenvalue weighted by atomic mass is 16.6. The molecule has 2 N–H and O–H groups in total. The van der Waals surface area contributed by atoms with Crippen LogP contribution in [0.2, 0.25) is 0 Å². The van der Waals surface area contributed by atoms with E-state index in [1.807, 2.05) is 0 Å². The summed E-state index contributed by atoms with van der Waals surface area (Å²) in [5.74, 6) is 0.531. The highest BCUT2D eigenvalue weighted by molar-refractivity contribution is 4.83. The molecule has 0 aromatic carbocycles. The van der Waals surface area contributed by atoms with Crippen LogP contribution in [-0.2, 0) is 4.84 Å². The molecule has 0 aliphatic heterocycles. The Hall–Kier alpha value is -0.120. The van der Waals surface area contributed by atoms with E-state index in [0.717, 1.165) is 25.7 Å². The molecule has 0 atom stereocenters. The minimum absolute atomic E-state index is 0.519. The minimum atomic E-state index is -0.519. The molecule has 0 aromatic rings. The van der Waals surface area contributed by atoms with Gasteiger partial charge in [-0.2, -0.15) is 5.48 Å². The maximum Gasteiger partial charge on any atom is 0.0794 e. The van der Waals surface area contributed by atoms with E-state index in [2.05, 4.69) is 19.3 Å². The van der Waals surface area contributed by atoms with Crippen LogP contribution < -0.4 is 5.48 Å². The molecule has 1 aliphatic carbocycles. The van der Waals surface area contributed by atoms with Crippen LogP contribution in [0, 0.1) is 5.92 Å². The molecule has 3 heteroatoms. The molecule has 1 aliphatic rings. The molecule has 1 saturated carbocycles. The van der Waals surface area contributed by atoms with E-state index in [-0.39, 0.29) is 0 Å². The first-order valence-electron chi connectivity index (χ1n) is 5.69. The Bertz CT molecular complexity index is 153. The summed E-state index contributed by atoms with van der Waals surface area (Å²) < 4.78 is 0. The first-order valence-corrected chi connectivity index (χ1v) is 5.69. The first kappa shape index (κ1) is 12.0. The van der Waals surface area contributed by atoms with Gasteiger partial charge in [-0.25, -0.2) is 0 Å². The van der Waals surface area contributed by atoms with E-state index < -0.39 is 5.60 Å². The van der Waals surface area contributed by atoms with Crippen molar-refractivity contribution in [2.45, 2.75) is 51.6 Å². The lowest BCUT2D eigenvalue weighted by Gasteiger charge is -2.31. The molecule has 14 heavy (non-hydrogen) atoms. The van der Waals surface area contributed by atoms with E-state index in [0.29, 0.717) is 19.1 Å². The molecule has 0 heterocycles. The van der Waals surface area contributed by atoms with Gasteiger partial charge in [-0.1, -0.05) is 33.1 Å². The Morgan fingerprint density at radius 3 is 2.50 bits per heavy atom. The number of hydrogen-bond donors (Lipinski definition) is 2. The highest BCUT2D eigenvalue weighted by Crippen LogP contribution is 2.27. The van der Waals surface area contributed by atoms with Gasteiger partial charge in [-0.05, 0) is 18.8 Å². The van der Waals surface area contributed by atoms with E-state index in [9.17, 15) is 5.11 Å². The summed E-state index contributed by atoms with van der Waals surface area (Å²) in [5, 5.41) is 10.1. The monoisotopic (exact) mass is 201 g/mol. The summed E-state index contributed by atoms with van der Waals surface area (Å²) in [6, 6.07) is 0. The summed E-state index contributed by atoms with van der Waals surface area (Å²) in [6.45, 7) is 5.49. The van der Waals surface area contributed by atoms with Gasteiger partial charge in [-0.3, -0.25) is 0 Å². The van der Waals surface area contributed by atoms with Gasteiger partial charge >= 0.3 is 0 Å². The van der Waals surface area contributed by atoms with Crippen LogP contribution in [0.4, 0.5) is 0 Å². The molecule has 0 unspecified atom stereocenters. The molecule has 1 rings (SSSR count). The van der Waals surface area contributed by atoms with Gasteiger partial charge in [0.15, 0.2) is 0 Å². The average molecular weight is 201 g/mol. The van der Waals surface area contributed by atoms with Crippen molar-refractivity contribution >= 4 is 0 Å². The van der Waals surface area contributed by atoms with Crippen molar-refractivity contribution in [2.24, 2.45) is 5.92 Å². The van der Waals surface area contributed by atoms with Crippen LogP contribution in [0.3, 0.4) is 0 Å². The van der Waals surface area contributed by atoms with Crippen molar-refractivity contribution in [3.63, 3.8) is 0 Å².